The van der Waals surface area contributed by atoms with E-state index in [1.54, 1.807) is 19.3 Å². The zero-order chi connectivity index (χ0) is 18.8. The summed E-state index contributed by atoms with van der Waals surface area (Å²) in [6.45, 7) is 5.13. The van der Waals surface area contributed by atoms with Gasteiger partial charge in [-0.15, -0.1) is 0 Å². The second-order valence-corrected chi connectivity index (χ2v) is 6.72. The Morgan fingerprint density at radius 3 is 2.74 bits per heavy atom. The second-order valence-electron chi connectivity index (χ2n) is 6.72. The summed E-state index contributed by atoms with van der Waals surface area (Å²) in [5, 5.41) is 2.94. The van der Waals surface area contributed by atoms with Crippen molar-refractivity contribution in [2.75, 3.05) is 16.8 Å². The molecule has 0 aliphatic carbocycles. The van der Waals surface area contributed by atoms with E-state index in [4.69, 9.17) is 4.98 Å². The fourth-order valence-corrected chi connectivity index (χ4v) is 3.46. The molecular formula is C21H21N5O. The molecule has 0 bridgehead atoms. The molecule has 6 heteroatoms. The van der Waals surface area contributed by atoms with Crippen LogP contribution in [0.5, 0.6) is 0 Å². The summed E-state index contributed by atoms with van der Waals surface area (Å²) < 4.78 is 0. The highest BCUT2D eigenvalue weighted by molar-refractivity contribution is 5.89. The van der Waals surface area contributed by atoms with Crippen molar-refractivity contribution >= 4 is 17.4 Å². The van der Waals surface area contributed by atoms with Gasteiger partial charge in [0.05, 0.1) is 0 Å². The number of fused-ring (bicyclic) bond motifs is 1. The SMILES string of the molecule is CC(=O)Nc1cccc2c1CCN(c1cc(C)nc(-c3ccncc3)n1)C2. The van der Waals surface area contributed by atoms with Crippen LogP contribution in [-0.2, 0) is 17.8 Å². The summed E-state index contributed by atoms with van der Waals surface area (Å²) in [5.74, 6) is 1.59. The lowest BCUT2D eigenvalue weighted by Crippen LogP contribution is -2.32. The number of carbonyl (C=O) groups is 1. The number of pyridine rings is 1. The van der Waals surface area contributed by atoms with Crippen LogP contribution in [0.25, 0.3) is 11.4 Å². The van der Waals surface area contributed by atoms with Crippen molar-refractivity contribution in [3.63, 3.8) is 0 Å². The standard InChI is InChI=1S/C21H21N5O/c1-14-12-20(25-21(23-14)16-6-9-22-10-7-16)26-11-8-18-17(13-26)4-3-5-19(18)24-15(2)27/h3-7,9-10,12H,8,11,13H2,1-2H3,(H,24,27). The van der Waals surface area contributed by atoms with Crippen LogP contribution in [0.4, 0.5) is 11.5 Å². The van der Waals surface area contributed by atoms with Crippen molar-refractivity contribution in [1.82, 2.24) is 15.0 Å². The quantitative estimate of drug-likeness (QED) is 0.776. The molecule has 1 amide bonds. The molecule has 27 heavy (non-hydrogen) atoms. The lowest BCUT2D eigenvalue weighted by atomic mass is 9.97. The minimum absolute atomic E-state index is 0.0424. The third-order valence-electron chi connectivity index (χ3n) is 4.68. The van der Waals surface area contributed by atoms with Gasteiger partial charge in [-0.05, 0) is 42.7 Å². The maximum Gasteiger partial charge on any atom is 0.221 e. The van der Waals surface area contributed by atoms with E-state index in [-0.39, 0.29) is 5.91 Å². The Morgan fingerprint density at radius 1 is 1.15 bits per heavy atom. The van der Waals surface area contributed by atoms with Crippen molar-refractivity contribution in [2.45, 2.75) is 26.8 Å². The van der Waals surface area contributed by atoms with Gasteiger partial charge in [0.15, 0.2) is 5.82 Å². The molecule has 1 aliphatic rings. The number of aromatic nitrogens is 3. The van der Waals surface area contributed by atoms with E-state index in [2.05, 4.69) is 26.3 Å². The normalized spacial score (nSPS) is 13.2. The summed E-state index contributed by atoms with van der Waals surface area (Å²) >= 11 is 0. The summed E-state index contributed by atoms with van der Waals surface area (Å²) in [5.41, 5.74) is 5.24. The highest BCUT2D eigenvalue weighted by Gasteiger charge is 2.21. The first-order valence-corrected chi connectivity index (χ1v) is 8.99. The first-order chi connectivity index (χ1) is 13.1. The van der Waals surface area contributed by atoms with Gasteiger partial charge in [-0.1, -0.05) is 12.1 Å². The average Bonchev–Trinajstić information content (AvgIpc) is 2.67. The van der Waals surface area contributed by atoms with Crippen LogP contribution in [0.15, 0.2) is 48.8 Å². The maximum absolute atomic E-state index is 11.5. The van der Waals surface area contributed by atoms with Crippen LogP contribution in [0.1, 0.15) is 23.7 Å². The molecule has 0 unspecified atom stereocenters. The summed E-state index contributed by atoms with van der Waals surface area (Å²) in [7, 11) is 0. The molecule has 4 rings (SSSR count). The van der Waals surface area contributed by atoms with Crippen LogP contribution in [-0.4, -0.2) is 27.4 Å². The van der Waals surface area contributed by atoms with Crippen molar-refractivity contribution in [3.05, 3.63) is 65.6 Å². The summed E-state index contributed by atoms with van der Waals surface area (Å²) in [4.78, 5) is 27.1. The van der Waals surface area contributed by atoms with Crippen molar-refractivity contribution in [2.24, 2.45) is 0 Å². The Hall–Kier alpha value is -3.28. The van der Waals surface area contributed by atoms with Gasteiger partial charge in [-0.2, -0.15) is 0 Å². The molecular weight excluding hydrogens is 338 g/mol. The highest BCUT2D eigenvalue weighted by Crippen LogP contribution is 2.29. The molecule has 1 aliphatic heterocycles. The van der Waals surface area contributed by atoms with E-state index in [0.717, 1.165) is 42.3 Å². The zero-order valence-corrected chi connectivity index (χ0v) is 15.4. The molecule has 0 atom stereocenters. The summed E-state index contributed by atoms with van der Waals surface area (Å²) in [6, 6.07) is 11.9. The van der Waals surface area contributed by atoms with Crippen LogP contribution in [0.3, 0.4) is 0 Å². The Morgan fingerprint density at radius 2 is 1.96 bits per heavy atom. The smallest absolute Gasteiger partial charge is 0.221 e. The number of hydrogen-bond acceptors (Lipinski definition) is 5. The van der Waals surface area contributed by atoms with E-state index in [1.165, 1.54) is 11.1 Å². The topological polar surface area (TPSA) is 71.0 Å². The predicted molar refractivity (Wildman–Crippen MR) is 105 cm³/mol. The lowest BCUT2D eigenvalue weighted by molar-refractivity contribution is -0.114. The van der Waals surface area contributed by atoms with Gasteiger partial charge >= 0.3 is 0 Å². The first-order valence-electron chi connectivity index (χ1n) is 8.99. The number of anilines is 2. The predicted octanol–water partition coefficient (Wildman–Crippen LogP) is 3.37. The van der Waals surface area contributed by atoms with E-state index in [1.807, 2.05) is 37.3 Å². The molecule has 136 valence electrons. The average molecular weight is 359 g/mol. The van der Waals surface area contributed by atoms with Gasteiger partial charge in [0, 0.05) is 55.4 Å². The van der Waals surface area contributed by atoms with Crippen molar-refractivity contribution < 1.29 is 4.79 Å². The first kappa shape index (κ1) is 17.1. The van der Waals surface area contributed by atoms with Crippen molar-refractivity contribution in [1.29, 1.82) is 0 Å². The number of hydrogen-bond donors (Lipinski definition) is 1. The minimum Gasteiger partial charge on any atom is -0.352 e. The summed E-state index contributed by atoms with van der Waals surface area (Å²) in [6.07, 6.45) is 4.36. The van der Waals surface area contributed by atoms with E-state index >= 15 is 0 Å². The Labute approximate surface area is 158 Å². The second kappa shape index (κ2) is 7.15. The number of aryl methyl sites for hydroxylation is 1. The van der Waals surface area contributed by atoms with Gasteiger partial charge < -0.3 is 10.2 Å². The molecule has 0 saturated carbocycles. The van der Waals surface area contributed by atoms with E-state index in [0.29, 0.717) is 5.82 Å². The van der Waals surface area contributed by atoms with E-state index in [9.17, 15) is 4.79 Å². The monoisotopic (exact) mass is 359 g/mol. The molecule has 0 spiro atoms. The van der Waals surface area contributed by atoms with Gasteiger partial charge in [0.1, 0.15) is 5.82 Å². The molecule has 3 heterocycles. The molecule has 1 N–H and O–H groups in total. The minimum atomic E-state index is -0.0424. The van der Waals surface area contributed by atoms with E-state index < -0.39 is 0 Å². The van der Waals surface area contributed by atoms with Crippen LogP contribution in [0.2, 0.25) is 0 Å². The van der Waals surface area contributed by atoms with Crippen LogP contribution in [0, 0.1) is 6.92 Å². The number of amides is 1. The highest BCUT2D eigenvalue weighted by atomic mass is 16.1. The molecule has 3 aromatic rings. The van der Waals surface area contributed by atoms with Crippen molar-refractivity contribution in [3.8, 4) is 11.4 Å². The Balaban J connectivity index is 1.65. The largest absolute Gasteiger partial charge is 0.352 e. The molecule has 0 saturated heterocycles. The van der Waals surface area contributed by atoms with Crippen LogP contribution < -0.4 is 10.2 Å². The fourth-order valence-electron chi connectivity index (χ4n) is 3.46. The zero-order valence-electron chi connectivity index (χ0n) is 15.4. The third-order valence-corrected chi connectivity index (χ3v) is 4.68. The Kier molecular flexibility index (Phi) is 4.54. The number of nitrogens with zero attached hydrogens (tertiary/aromatic N) is 4. The third kappa shape index (κ3) is 3.65. The number of benzene rings is 1. The fraction of sp³-hybridized carbons (Fsp3) is 0.238. The number of carbonyl (C=O) groups excluding carboxylic acids is 1. The molecule has 6 nitrogen and oxygen atoms in total. The molecule has 2 aromatic heterocycles. The van der Waals surface area contributed by atoms with Gasteiger partial charge in [-0.25, -0.2) is 9.97 Å². The van der Waals surface area contributed by atoms with Gasteiger partial charge in [0.25, 0.3) is 0 Å². The van der Waals surface area contributed by atoms with Gasteiger partial charge in [0.2, 0.25) is 5.91 Å². The van der Waals surface area contributed by atoms with Crippen LogP contribution >= 0.6 is 0 Å². The lowest BCUT2D eigenvalue weighted by Gasteiger charge is -2.31. The Bertz CT molecular complexity index is 987. The maximum atomic E-state index is 11.5. The molecule has 0 radical (unpaired) electrons. The number of rotatable bonds is 3. The van der Waals surface area contributed by atoms with Gasteiger partial charge in [-0.3, -0.25) is 9.78 Å². The molecule has 1 aromatic carbocycles. The molecule has 0 fully saturated rings. The number of nitrogens with one attached hydrogen (secondary N) is 1.